The highest BCUT2D eigenvalue weighted by molar-refractivity contribution is 6.30. The lowest BCUT2D eigenvalue weighted by atomic mass is 10.2. The average Bonchev–Trinajstić information content (AvgIpc) is 2.74. The van der Waals surface area contributed by atoms with Crippen molar-refractivity contribution in [2.75, 3.05) is 6.61 Å². The third-order valence-corrected chi connectivity index (χ3v) is 4.29. The summed E-state index contributed by atoms with van der Waals surface area (Å²) in [5.74, 6) is 0. The second-order valence-corrected chi connectivity index (χ2v) is 6.23. The number of aliphatic hydroxyl groups excluding tert-OH is 1. The highest BCUT2D eigenvalue weighted by Crippen LogP contribution is 2.21. The first-order chi connectivity index (χ1) is 10.5. The van der Waals surface area contributed by atoms with E-state index in [0.29, 0.717) is 23.3 Å². The molecular formula is C16H21Cl2N3O. The van der Waals surface area contributed by atoms with Gasteiger partial charge in [0.2, 0.25) is 0 Å². The van der Waals surface area contributed by atoms with Crippen molar-refractivity contribution in [1.29, 1.82) is 0 Å². The Balaban J connectivity index is 2.07. The van der Waals surface area contributed by atoms with Crippen LogP contribution in [0.15, 0.2) is 24.3 Å². The van der Waals surface area contributed by atoms with Crippen molar-refractivity contribution in [1.82, 2.24) is 15.1 Å². The number of aromatic nitrogens is 2. The van der Waals surface area contributed by atoms with E-state index in [-0.39, 0.29) is 12.6 Å². The van der Waals surface area contributed by atoms with Gasteiger partial charge in [-0.1, -0.05) is 35.3 Å². The number of halogens is 2. The molecule has 1 heterocycles. The summed E-state index contributed by atoms with van der Waals surface area (Å²) in [5.41, 5.74) is 3.02. The van der Waals surface area contributed by atoms with Gasteiger partial charge in [0.15, 0.2) is 0 Å². The van der Waals surface area contributed by atoms with Gasteiger partial charge in [0.25, 0.3) is 0 Å². The van der Waals surface area contributed by atoms with Crippen molar-refractivity contribution >= 4 is 23.2 Å². The zero-order valence-corrected chi connectivity index (χ0v) is 14.3. The predicted octanol–water partition coefficient (Wildman–Crippen LogP) is 3.41. The number of nitrogens with zero attached hydrogens (tertiary/aromatic N) is 2. The van der Waals surface area contributed by atoms with Crippen molar-refractivity contribution in [2.24, 2.45) is 0 Å². The van der Waals surface area contributed by atoms with Crippen LogP contribution >= 0.6 is 23.2 Å². The lowest BCUT2D eigenvalue weighted by Gasteiger charge is -2.12. The van der Waals surface area contributed by atoms with Gasteiger partial charge >= 0.3 is 0 Å². The molecule has 0 saturated heterocycles. The molecule has 4 nitrogen and oxygen atoms in total. The van der Waals surface area contributed by atoms with Crippen molar-refractivity contribution in [3.05, 3.63) is 51.3 Å². The van der Waals surface area contributed by atoms with Gasteiger partial charge in [-0.05, 0) is 38.0 Å². The van der Waals surface area contributed by atoms with Crippen molar-refractivity contribution in [2.45, 2.75) is 39.4 Å². The number of nitrogens with one attached hydrogen (secondary N) is 1. The van der Waals surface area contributed by atoms with Crippen molar-refractivity contribution < 1.29 is 5.11 Å². The van der Waals surface area contributed by atoms with Gasteiger partial charge in [0.1, 0.15) is 5.15 Å². The minimum Gasteiger partial charge on any atom is -0.396 e. The molecule has 0 aliphatic rings. The Bertz CT molecular complexity index is 611. The Hall–Kier alpha value is -1.07. The summed E-state index contributed by atoms with van der Waals surface area (Å²) in [4.78, 5) is 0. The van der Waals surface area contributed by atoms with Gasteiger partial charge in [-0.3, -0.25) is 0 Å². The summed E-state index contributed by atoms with van der Waals surface area (Å²) in [6.07, 6.45) is 0.718. The molecule has 0 spiro atoms. The van der Waals surface area contributed by atoms with Crippen LogP contribution in [0.3, 0.4) is 0 Å². The molecule has 1 aromatic heterocycles. The van der Waals surface area contributed by atoms with Crippen LogP contribution in [0.5, 0.6) is 0 Å². The molecule has 6 heteroatoms. The summed E-state index contributed by atoms with van der Waals surface area (Å²) in [6, 6.07) is 7.90. The quantitative estimate of drug-likeness (QED) is 0.811. The van der Waals surface area contributed by atoms with Crippen LogP contribution in [-0.4, -0.2) is 27.5 Å². The van der Waals surface area contributed by atoms with Gasteiger partial charge in [0.05, 0.1) is 12.2 Å². The second kappa shape index (κ2) is 7.97. The van der Waals surface area contributed by atoms with Crippen molar-refractivity contribution in [3.8, 4) is 0 Å². The summed E-state index contributed by atoms with van der Waals surface area (Å²) >= 11 is 12.4. The van der Waals surface area contributed by atoms with Gasteiger partial charge in [-0.2, -0.15) is 5.10 Å². The molecule has 2 N–H and O–H groups in total. The summed E-state index contributed by atoms with van der Waals surface area (Å²) in [6.45, 7) is 5.43. The molecule has 2 aromatic rings. The monoisotopic (exact) mass is 341 g/mol. The number of aliphatic hydroxyl groups is 1. The summed E-state index contributed by atoms with van der Waals surface area (Å²) < 4.78 is 1.80. The molecule has 1 unspecified atom stereocenters. The summed E-state index contributed by atoms with van der Waals surface area (Å²) in [7, 11) is 0. The molecule has 0 amide bonds. The largest absolute Gasteiger partial charge is 0.396 e. The smallest absolute Gasteiger partial charge is 0.132 e. The molecule has 1 atom stereocenters. The zero-order chi connectivity index (χ0) is 16.1. The maximum Gasteiger partial charge on any atom is 0.132 e. The van der Waals surface area contributed by atoms with E-state index in [2.05, 4.69) is 10.4 Å². The molecular weight excluding hydrogens is 321 g/mol. The van der Waals surface area contributed by atoms with Gasteiger partial charge in [-0.15, -0.1) is 0 Å². The first-order valence-corrected chi connectivity index (χ1v) is 8.07. The molecule has 22 heavy (non-hydrogen) atoms. The molecule has 0 aliphatic carbocycles. The average molecular weight is 342 g/mol. The molecule has 0 fully saturated rings. The lowest BCUT2D eigenvalue weighted by molar-refractivity contribution is 0.268. The van der Waals surface area contributed by atoms with E-state index in [1.54, 1.807) is 4.68 Å². The fourth-order valence-corrected chi connectivity index (χ4v) is 2.66. The molecule has 0 radical (unpaired) electrons. The molecule has 0 saturated carbocycles. The van der Waals surface area contributed by atoms with Crippen LogP contribution in [-0.2, 0) is 13.1 Å². The fourth-order valence-electron chi connectivity index (χ4n) is 2.23. The number of benzene rings is 1. The van der Waals surface area contributed by atoms with E-state index in [1.165, 1.54) is 0 Å². The van der Waals surface area contributed by atoms with E-state index in [1.807, 2.05) is 38.1 Å². The lowest BCUT2D eigenvalue weighted by Crippen LogP contribution is -2.26. The Morgan fingerprint density at radius 1 is 1.27 bits per heavy atom. The maximum atomic E-state index is 8.94. The molecule has 0 bridgehead atoms. The van der Waals surface area contributed by atoms with Crippen LogP contribution in [0.4, 0.5) is 0 Å². The van der Waals surface area contributed by atoms with Crippen molar-refractivity contribution in [3.63, 3.8) is 0 Å². The van der Waals surface area contributed by atoms with E-state index < -0.39 is 0 Å². The van der Waals surface area contributed by atoms with Gasteiger partial charge < -0.3 is 10.4 Å². The topological polar surface area (TPSA) is 50.1 Å². The third-order valence-electron chi connectivity index (χ3n) is 3.62. The second-order valence-electron chi connectivity index (χ2n) is 5.43. The molecule has 120 valence electrons. The van der Waals surface area contributed by atoms with E-state index in [4.69, 9.17) is 28.3 Å². The SMILES string of the molecule is Cc1nn(Cc2ccc(Cl)cc2)c(Cl)c1CNC(C)CCO. The highest BCUT2D eigenvalue weighted by atomic mass is 35.5. The number of hydrogen-bond acceptors (Lipinski definition) is 3. The minimum atomic E-state index is 0.177. The Morgan fingerprint density at radius 3 is 2.59 bits per heavy atom. The number of rotatable bonds is 7. The van der Waals surface area contributed by atoms with Crippen LogP contribution in [0.1, 0.15) is 30.2 Å². The standard InChI is InChI=1S/C16H21Cl2N3O/c1-11(7-8-22)19-9-15-12(2)20-21(16(15)18)10-13-3-5-14(17)6-4-13/h3-6,11,19,22H,7-10H2,1-2H3. The summed E-state index contributed by atoms with van der Waals surface area (Å²) in [5, 5.41) is 18.2. The minimum absolute atomic E-state index is 0.177. The Labute approximate surface area is 141 Å². The van der Waals surface area contributed by atoms with Crippen LogP contribution in [0.2, 0.25) is 10.2 Å². The van der Waals surface area contributed by atoms with Gasteiger partial charge in [0, 0.05) is 29.8 Å². The van der Waals surface area contributed by atoms with E-state index >= 15 is 0 Å². The van der Waals surface area contributed by atoms with Crippen LogP contribution < -0.4 is 5.32 Å². The third kappa shape index (κ3) is 4.46. The molecule has 2 rings (SSSR count). The maximum absolute atomic E-state index is 8.94. The van der Waals surface area contributed by atoms with Crippen LogP contribution in [0.25, 0.3) is 0 Å². The van der Waals surface area contributed by atoms with E-state index in [9.17, 15) is 0 Å². The van der Waals surface area contributed by atoms with E-state index in [0.717, 1.165) is 23.2 Å². The van der Waals surface area contributed by atoms with Gasteiger partial charge in [-0.25, -0.2) is 4.68 Å². The predicted molar refractivity (Wildman–Crippen MR) is 90.5 cm³/mol. The first kappa shape index (κ1) is 17.3. The number of aryl methyl sites for hydroxylation is 1. The Kier molecular flexibility index (Phi) is 6.26. The zero-order valence-electron chi connectivity index (χ0n) is 12.8. The molecule has 0 aliphatic heterocycles. The fraction of sp³-hybridized carbons (Fsp3) is 0.438. The highest BCUT2D eigenvalue weighted by Gasteiger charge is 2.14. The first-order valence-electron chi connectivity index (χ1n) is 7.31. The normalized spacial score (nSPS) is 12.6. The van der Waals surface area contributed by atoms with Crippen LogP contribution in [0, 0.1) is 6.92 Å². The molecule has 1 aromatic carbocycles. The Morgan fingerprint density at radius 2 is 1.95 bits per heavy atom. The number of hydrogen-bond donors (Lipinski definition) is 2.